The number of aliphatic hydroxyl groups is 3. The van der Waals surface area contributed by atoms with Crippen LogP contribution in [-0.4, -0.2) is 75.7 Å². The molecule has 4 aliphatic carbocycles. The second kappa shape index (κ2) is 13.6. The number of rotatable bonds is 11. The number of hydrogen-bond acceptors (Lipinski definition) is 10. The van der Waals surface area contributed by atoms with Crippen LogP contribution in [0.1, 0.15) is 90.2 Å². The minimum atomic E-state index is -1.79. The molecular formula is C36H47NO10. The summed E-state index contributed by atoms with van der Waals surface area (Å²) in [5.74, 6) is -2.85. The zero-order chi connectivity index (χ0) is 34.1. The molecule has 1 amide bonds. The largest absolute Gasteiger partial charge is 0.464 e. The van der Waals surface area contributed by atoms with Crippen molar-refractivity contribution in [3.05, 3.63) is 47.5 Å². The van der Waals surface area contributed by atoms with Crippen molar-refractivity contribution in [1.29, 1.82) is 0 Å². The standard InChI is InChI=1S/C36H47NO10/c1-4-46-33(44)31(32(43)21-8-6-5-7-9-21)37-28(41)12-13-29(42)47-20-27(40)36(45)17-15-25-24-11-10-22-18-23(38)14-16-34(22,2)30(24)26(39)19-35(25,36)3/h5-9,18,24-26,30-32,39,43,45H,4,10-17,19-20H2,1-3H3,(H,37,41). The van der Waals surface area contributed by atoms with Gasteiger partial charge in [0.05, 0.1) is 19.1 Å². The molecular weight excluding hydrogens is 606 g/mol. The van der Waals surface area contributed by atoms with Crippen LogP contribution in [0, 0.1) is 28.6 Å². The molecule has 11 nitrogen and oxygen atoms in total. The third-order valence-corrected chi connectivity index (χ3v) is 11.7. The van der Waals surface area contributed by atoms with Crippen molar-refractivity contribution in [3.63, 3.8) is 0 Å². The number of allylic oxidation sites excluding steroid dienone is 1. The monoisotopic (exact) mass is 653 g/mol. The third kappa shape index (κ3) is 6.41. The van der Waals surface area contributed by atoms with Gasteiger partial charge in [-0.25, -0.2) is 4.79 Å². The number of carbonyl (C=O) groups excluding carboxylic acids is 5. The number of aliphatic hydroxyl groups excluding tert-OH is 2. The molecule has 0 heterocycles. The molecule has 256 valence electrons. The predicted octanol–water partition coefficient (Wildman–Crippen LogP) is 2.89. The molecule has 11 heteroatoms. The fourth-order valence-electron chi connectivity index (χ4n) is 9.29. The molecule has 3 fully saturated rings. The number of ether oxygens (including phenoxy) is 2. The highest BCUT2D eigenvalue weighted by molar-refractivity contribution is 5.92. The van der Waals surface area contributed by atoms with Crippen molar-refractivity contribution < 1.29 is 48.8 Å². The number of ketones is 2. The molecule has 0 aliphatic heterocycles. The second-order valence-corrected chi connectivity index (χ2v) is 14.2. The summed E-state index contributed by atoms with van der Waals surface area (Å²) < 4.78 is 10.2. The van der Waals surface area contributed by atoms with Crippen molar-refractivity contribution in [2.24, 2.45) is 28.6 Å². The highest BCUT2D eigenvalue weighted by Crippen LogP contribution is 2.67. The topological polar surface area (TPSA) is 177 Å². The van der Waals surface area contributed by atoms with Gasteiger partial charge >= 0.3 is 11.9 Å². The number of benzene rings is 1. The van der Waals surface area contributed by atoms with Gasteiger partial charge in [0, 0.05) is 18.3 Å². The number of carbonyl (C=O) groups is 5. The number of amides is 1. The maximum Gasteiger partial charge on any atom is 0.331 e. The van der Waals surface area contributed by atoms with Crippen LogP contribution in [-0.2, 0) is 33.4 Å². The summed E-state index contributed by atoms with van der Waals surface area (Å²) in [5, 5.41) is 36.6. The summed E-state index contributed by atoms with van der Waals surface area (Å²) >= 11 is 0. The van der Waals surface area contributed by atoms with Gasteiger partial charge in [-0.1, -0.05) is 49.8 Å². The van der Waals surface area contributed by atoms with E-state index in [1.165, 1.54) is 0 Å². The Labute approximate surface area is 275 Å². The van der Waals surface area contributed by atoms with Crippen LogP contribution in [0.15, 0.2) is 42.0 Å². The highest BCUT2D eigenvalue weighted by atomic mass is 16.5. The Morgan fingerprint density at radius 1 is 1.02 bits per heavy atom. The average Bonchev–Trinajstić information content (AvgIpc) is 3.32. The first kappa shape index (κ1) is 34.9. The lowest BCUT2D eigenvalue weighted by atomic mass is 9.45. The summed E-state index contributed by atoms with van der Waals surface area (Å²) in [6, 6.07) is 6.92. The molecule has 9 unspecified atom stereocenters. The molecule has 0 radical (unpaired) electrons. The first-order valence-corrected chi connectivity index (χ1v) is 16.8. The normalized spacial score (nSPS) is 34.1. The number of Topliss-reactive ketones (excluding diaryl/α,β-unsaturated/α-hetero) is 1. The lowest BCUT2D eigenvalue weighted by Crippen LogP contribution is -2.62. The minimum Gasteiger partial charge on any atom is -0.464 e. The van der Waals surface area contributed by atoms with Crippen LogP contribution < -0.4 is 5.32 Å². The molecule has 4 aliphatic rings. The van der Waals surface area contributed by atoms with Crippen LogP contribution in [0.3, 0.4) is 0 Å². The van der Waals surface area contributed by atoms with Crippen LogP contribution in [0.2, 0.25) is 0 Å². The zero-order valence-corrected chi connectivity index (χ0v) is 27.4. The maximum atomic E-state index is 13.5. The van der Waals surface area contributed by atoms with E-state index in [0.717, 1.165) is 18.4 Å². The Morgan fingerprint density at radius 2 is 1.74 bits per heavy atom. The molecule has 0 bridgehead atoms. The van der Waals surface area contributed by atoms with Crippen molar-refractivity contribution in [1.82, 2.24) is 5.32 Å². The maximum absolute atomic E-state index is 13.5. The van der Waals surface area contributed by atoms with E-state index >= 15 is 0 Å². The summed E-state index contributed by atoms with van der Waals surface area (Å²) in [6.45, 7) is 4.97. The lowest BCUT2D eigenvalue weighted by molar-refractivity contribution is -0.184. The van der Waals surface area contributed by atoms with Crippen LogP contribution in [0.4, 0.5) is 0 Å². The van der Waals surface area contributed by atoms with Gasteiger partial charge in [-0.3, -0.25) is 19.2 Å². The van der Waals surface area contributed by atoms with E-state index < -0.39 is 65.9 Å². The van der Waals surface area contributed by atoms with E-state index in [4.69, 9.17) is 9.47 Å². The molecule has 0 saturated heterocycles. The van der Waals surface area contributed by atoms with Gasteiger partial charge in [-0.15, -0.1) is 0 Å². The quantitative estimate of drug-likeness (QED) is 0.260. The van der Waals surface area contributed by atoms with Crippen LogP contribution >= 0.6 is 0 Å². The zero-order valence-electron chi connectivity index (χ0n) is 27.4. The fraction of sp³-hybridized carbons (Fsp3) is 0.639. The molecule has 5 rings (SSSR count). The lowest BCUT2D eigenvalue weighted by Gasteiger charge is -2.60. The average molecular weight is 654 g/mol. The summed E-state index contributed by atoms with van der Waals surface area (Å²) in [7, 11) is 0. The molecule has 0 aromatic heterocycles. The molecule has 1 aromatic carbocycles. The van der Waals surface area contributed by atoms with E-state index in [9.17, 15) is 39.3 Å². The van der Waals surface area contributed by atoms with Crippen LogP contribution in [0.5, 0.6) is 0 Å². The number of esters is 2. The molecule has 3 saturated carbocycles. The minimum absolute atomic E-state index is 0.0150. The first-order valence-electron chi connectivity index (χ1n) is 16.8. The summed E-state index contributed by atoms with van der Waals surface area (Å²) in [6.07, 6.45) is 2.55. The molecule has 9 atom stereocenters. The van der Waals surface area contributed by atoms with E-state index in [-0.39, 0.29) is 54.8 Å². The van der Waals surface area contributed by atoms with E-state index in [2.05, 4.69) is 12.2 Å². The van der Waals surface area contributed by atoms with E-state index in [0.29, 0.717) is 24.8 Å². The Balaban J connectivity index is 1.17. The summed E-state index contributed by atoms with van der Waals surface area (Å²) in [5.41, 5.74) is -1.50. The van der Waals surface area contributed by atoms with Crippen molar-refractivity contribution in [2.45, 2.75) is 102 Å². The van der Waals surface area contributed by atoms with Gasteiger partial charge in [-0.05, 0) is 80.3 Å². The highest BCUT2D eigenvalue weighted by Gasteiger charge is 2.68. The first-order chi connectivity index (χ1) is 22.2. The van der Waals surface area contributed by atoms with Gasteiger partial charge in [0.15, 0.2) is 18.4 Å². The smallest absolute Gasteiger partial charge is 0.331 e. The predicted molar refractivity (Wildman–Crippen MR) is 168 cm³/mol. The number of nitrogens with one attached hydrogen (secondary N) is 1. The third-order valence-electron chi connectivity index (χ3n) is 11.7. The van der Waals surface area contributed by atoms with Gasteiger partial charge in [0.1, 0.15) is 11.7 Å². The van der Waals surface area contributed by atoms with E-state index in [1.54, 1.807) is 43.3 Å². The molecule has 47 heavy (non-hydrogen) atoms. The van der Waals surface area contributed by atoms with Gasteiger partial charge in [0.2, 0.25) is 11.7 Å². The molecule has 4 N–H and O–H groups in total. The summed E-state index contributed by atoms with van der Waals surface area (Å²) in [4.78, 5) is 63.5. The van der Waals surface area contributed by atoms with Crippen molar-refractivity contribution in [3.8, 4) is 0 Å². The van der Waals surface area contributed by atoms with Gasteiger partial charge in [0.25, 0.3) is 0 Å². The Bertz CT molecular complexity index is 1430. The Morgan fingerprint density at radius 3 is 2.45 bits per heavy atom. The molecule has 0 spiro atoms. The Kier molecular flexibility index (Phi) is 10.1. The Hall–Kier alpha value is -3.41. The number of hydrogen-bond donors (Lipinski definition) is 4. The van der Waals surface area contributed by atoms with Crippen LogP contribution in [0.25, 0.3) is 0 Å². The van der Waals surface area contributed by atoms with E-state index in [1.807, 2.05) is 6.92 Å². The van der Waals surface area contributed by atoms with Gasteiger partial charge < -0.3 is 30.1 Å². The fourth-order valence-corrected chi connectivity index (χ4v) is 9.29. The van der Waals surface area contributed by atoms with Crippen molar-refractivity contribution >= 4 is 29.4 Å². The second-order valence-electron chi connectivity index (χ2n) is 14.2. The van der Waals surface area contributed by atoms with Gasteiger partial charge in [-0.2, -0.15) is 0 Å². The molecule has 1 aromatic rings. The van der Waals surface area contributed by atoms with Crippen molar-refractivity contribution in [2.75, 3.05) is 13.2 Å². The number of fused-ring (bicyclic) bond motifs is 5. The SMILES string of the molecule is CCOC(=O)C(NC(=O)CCC(=O)OCC(=O)C1(O)CCC2C3CCC4=CC(=O)CCC4(C)C3C(O)CC21C)C(O)c1ccccc1.